The Bertz CT molecular complexity index is 310. The molecule has 0 aliphatic carbocycles. The summed E-state index contributed by atoms with van der Waals surface area (Å²) in [6, 6.07) is 0.611. The van der Waals surface area contributed by atoms with Gasteiger partial charge in [-0.3, -0.25) is 4.90 Å². The van der Waals surface area contributed by atoms with Gasteiger partial charge in [-0.15, -0.1) is 11.3 Å². The first kappa shape index (κ1) is 13.0. The van der Waals surface area contributed by atoms with Crippen molar-refractivity contribution in [1.29, 1.82) is 0 Å². The van der Waals surface area contributed by atoms with Gasteiger partial charge >= 0.3 is 0 Å². The Hall–Kier alpha value is -0.450. The summed E-state index contributed by atoms with van der Waals surface area (Å²) >= 11 is 1.75. The lowest BCUT2D eigenvalue weighted by molar-refractivity contribution is 0.127. The smallest absolute Gasteiger partial charge is 0.0984 e. The van der Waals surface area contributed by atoms with Crippen molar-refractivity contribution in [1.82, 2.24) is 9.88 Å². The molecule has 96 valence electrons. The quantitative estimate of drug-likeness (QED) is 0.876. The van der Waals surface area contributed by atoms with Crippen LogP contribution in [-0.4, -0.2) is 35.6 Å². The molecule has 1 saturated heterocycles. The molecule has 0 aromatic carbocycles. The zero-order valence-corrected chi connectivity index (χ0v) is 11.5. The van der Waals surface area contributed by atoms with E-state index in [2.05, 4.69) is 22.2 Å². The molecular formula is C13H23N3S. The minimum atomic E-state index is 0.432. The molecule has 1 aromatic heterocycles. The molecule has 2 heterocycles. The third-order valence-corrected chi connectivity index (χ3v) is 4.57. The van der Waals surface area contributed by atoms with Gasteiger partial charge in [0.15, 0.2) is 0 Å². The van der Waals surface area contributed by atoms with E-state index < -0.39 is 0 Å². The van der Waals surface area contributed by atoms with Crippen LogP contribution in [0.3, 0.4) is 0 Å². The molecule has 2 N–H and O–H groups in total. The fourth-order valence-electron chi connectivity index (χ4n) is 2.88. The largest absolute Gasteiger partial charge is 0.330 e. The predicted molar refractivity (Wildman–Crippen MR) is 73.4 cm³/mol. The number of piperidine rings is 1. The molecule has 0 saturated carbocycles. The molecule has 0 bridgehead atoms. The molecule has 1 aliphatic rings. The Morgan fingerprint density at radius 2 is 2.47 bits per heavy atom. The highest BCUT2D eigenvalue weighted by Crippen LogP contribution is 2.30. The summed E-state index contributed by atoms with van der Waals surface area (Å²) in [4.78, 5) is 7.10. The van der Waals surface area contributed by atoms with Crippen molar-refractivity contribution in [3.63, 3.8) is 0 Å². The topological polar surface area (TPSA) is 42.1 Å². The fraction of sp³-hybridized carbons (Fsp3) is 0.769. The molecule has 2 atom stereocenters. The maximum atomic E-state index is 5.99. The molecule has 0 spiro atoms. The molecule has 1 aliphatic heterocycles. The highest BCUT2D eigenvalue weighted by molar-refractivity contribution is 7.09. The average molecular weight is 253 g/mol. The number of hydrogen-bond donors (Lipinski definition) is 1. The normalized spacial score (nSPS) is 23.8. The van der Waals surface area contributed by atoms with Crippen LogP contribution in [0, 0.1) is 0 Å². The molecule has 0 amide bonds. The van der Waals surface area contributed by atoms with Crippen LogP contribution < -0.4 is 5.73 Å². The van der Waals surface area contributed by atoms with Gasteiger partial charge in [0, 0.05) is 30.1 Å². The molecule has 2 unspecified atom stereocenters. The van der Waals surface area contributed by atoms with Gasteiger partial charge in [0.25, 0.3) is 0 Å². The van der Waals surface area contributed by atoms with Crippen molar-refractivity contribution in [3.05, 3.63) is 16.6 Å². The monoisotopic (exact) mass is 253 g/mol. The highest BCUT2D eigenvalue weighted by atomic mass is 32.1. The lowest BCUT2D eigenvalue weighted by Crippen LogP contribution is -2.45. The summed E-state index contributed by atoms with van der Waals surface area (Å²) in [5.41, 5.74) is 5.99. The number of thiazole rings is 1. The minimum Gasteiger partial charge on any atom is -0.330 e. The van der Waals surface area contributed by atoms with Gasteiger partial charge in [0.2, 0.25) is 0 Å². The standard InChI is InChI=1S/C13H23N3S/c1-2-7-16-8-4-3-5-12(16)11(10-14)13-15-6-9-17-13/h6,9,11-12H,2-5,7-8,10,14H2,1H3. The van der Waals surface area contributed by atoms with Crippen LogP contribution in [0.5, 0.6) is 0 Å². The van der Waals surface area contributed by atoms with E-state index in [1.807, 2.05) is 6.20 Å². The second-order valence-corrected chi connectivity index (χ2v) is 5.74. The van der Waals surface area contributed by atoms with Crippen molar-refractivity contribution >= 4 is 11.3 Å². The average Bonchev–Trinajstić information content (AvgIpc) is 2.86. The van der Waals surface area contributed by atoms with Crippen LogP contribution in [0.4, 0.5) is 0 Å². The number of likely N-dealkylation sites (tertiary alicyclic amines) is 1. The van der Waals surface area contributed by atoms with E-state index in [-0.39, 0.29) is 0 Å². The Morgan fingerprint density at radius 3 is 3.12 bits per heavy atom. The number of nitrogens with zero attached hydrogens (tertiary/aromatic N) is 2. The van der Waals surface area contributed by atoms with E-state index in [4.69, 9.17) is 5.73 Å². The first-order chi connectivity index (χ1) is 8.36. The van der Waals surface area contributed by atoms with E-state index in [0.717, 1.165) is 6.54 Å². The van der Waals surface area contributed by atoms with Crippen molar-refractivity contribution < 1.29 is 0 Å². The third kappa shape index (κ3) is 3.06. The Morgan fingerprint density at radius 1 is 1.59 bits per heavy atom. The zero-order valence-electron chi connectivity index (χ0n) is 10.6. The number of rotatable bonds is 5. The summed E-state index contributed by atoms with van der Waals surface area (Å²) in [6.07, 6.45) is 7.08. The maximum absolute atomic E-state index is 5.99. The first-order valence-electron chi connectivity index (χ1n) is 6.70. The number of nitrogens with two attached hydrogens (primary N) is 1. The van der Waals surface area contributed by atoms with E-state index in [0.29, 0.717) is 12.0 Å². The van der Waals surface area contributed by atoms with Gasteiger partial charge in [0.1, 0.15) is 0 Å². The number of aromatic nitrogens is 1. The van der Waals surface area contributed by atoms with Crippen LogP contribution in [0.15, 0.2) is 11.6 Å². The Kier molecular flexibility index (Phi) is 4.95. The van der Waals surface area contributed by atoms with Crippen molar-refractivity contribution in [2.75, 3.05) is 19.6 Å². The van der Waals surface area contributed by atoms with Crippen LogP contribution in [0.25, 0.3) is 0 Å². The van der Waals surface area contributed by atoms with Gasteiger partial charge in [-0.2, -0.15) is 0 Å². The molecule has 17 heavy (non-hydrogen) atoms. The molecular weight excluding hydrogens is 230 g/mol. The molecule has 0 radical (unpaired) electrons. The third-order valence-electron chi connectivity index (χ3n) is 3.66. The Labute approximate surface area is 108 Å². The molecule has 3 nitrogen and oxygen atoms in total. The van der Waals surface area contributed by atoms with Gasteiger partial charge in [-0.05, 0) is 32.4 Å². The molecule has 1 aromatic rings. The van der Waals surface area contributed by atoms with Gasteiger partial charge < -0.3 is 5.73 Å². The SMILES string of the molecule is CCCN1CCCCC1C(CN)c1nccs1. The molecule has 1 fully saturated rings. The van der Waals surface area contributed by atoms with Crippen LogP contribution in [0.2, 0.25) is 0 Å². The second-order valence-electron chi connectivity index (χ2n) is 4.81. The van der Waals surface area contributed by atoms with E-state index in [1.54, 1.807) is 11.3 Å². The second kappa shape index (κ2) is 6.47. The van der Waals surface area contributed by atoms with E-state index in [1.165, 1.54) is 43.8 Å². The van der Waals surface area contributed by atoms with Crippen LogP contribution >= 0.6 is 11.3 Å². The van der Waals surface area contributed by atoms with Gasteiger partial charge in [0.05, 0.1) is 5.01 Å². The Balaban J connectivity index is 2.10. The van der Waals surface area contributed by atoms with Crippen molar-refractivity contribution in [3.8, 4) is 0 Å². The summed E-state index contributed by atoms with van der Waals surface area (Å²) in [7, 11) is 0. The van der Waals surface area contributed by atoms with Crippen molar-refractivity contribution in [2.24, 2.45) is 5.73 Å². The summed E-state index contributed by atoms with van der Waals surface area (Å²) in [5, 5.41) is 3.28. The fourth-order valence-corrected chi connectivity index (χ4v) is 3.69. The van der Waals surface area contributed by atoms with E-state index in [9.17, 15) is 0 Å². The minimum absolute atomic E-state index is 0.432. The lowest BCUT2D eigenvalue weighted by atomic mass is 9.90. The highest BCUT2D eigenvalue weighted by Gasteiger charge is 2.30. The van der Waals surface area contributed by atoms with Crippen LogP contribution in [-0.2, 0) is 0 Å². The number of hydrogen-bond acceptors (Lipinski definition) is 4. The van der Waals surface area contributed by atoms with Crippen molar-refractivity contribution in [2.45, 2.75) is 44.6 Å². The summed E-state index contributed by atoms with van der Waals surface area (Å²) < 4.78 is 0. The van der Waals surface area contributed by atoms with Gasteiger partial charge in [-0.25, -0.2) is 4.98 Å². The molecule has 4 heteroatoms. The van der Waals surface area contributed by atoms with Gasteiger partial charge in [-0.1, -0.05) is 13.3 Å². The van der Waals surface area contributed by atoms with E-state index >= 15 is 0 Å². The maximum Gasteiger partial charge on any atom is 0.0984 e. The van der Waals surface area contributed by atoms with Crippen LogP contribution in [0.1, 0.15) is 43.5 Å². The predicted octanol–water partition coefficient (Wildman–Crippen LogP) is 2.45. The lowest BCUT2D eigenvalue weighted by Gasteiger charge is -2.39. The molecule has 2 rings (SSSR count). The zero-order chi connectivity index (χ0) is 12.1. The summed E-state index contributed by atoms with van der Waals surface area (Å²) in [6.45, 7) is 5.41. The first-order valence-corrected chi connectivity index (χ1v) is 7.58. The summed E-state index contributed by atoms with van der Waals surface area (Å²) in [5.74, 6) is 0.432.